The van der Waals surface area contributed by atoms with E-state index in [1.165, 1.54) is 0 Å². The van der Waals surface area contributed by atoms with Crippen molar-refractivity contribution in [3.05, 3.63) is 42.0 Å². The van der Waals surface area contributed by atoms with Crippen molar-refractivity contribution in [2.24, 2.45) is 0 Å². The molecule has 0 aliphatic carbocycles. The lowest BCUT2D eigenvalue weighted by atomic mass is 10.3. The Labute approximate surface area is 82.1 Å². The van der Waals surface area contributed by atoms with Gasteiger partial charge in [-0.25, -0.2) is 0 Å². The third-order valence-corrected chi connectivity index (χ3v) is 1.91. The van der Waals surface area contributed by atoms with Crippen LogP contribution in [0, 0.1) is 0 Å². The van der Waals surface area contributed by atoms with Gasteiger partial charge in [0.05, 0.1) is 6.54 Å². The van der Waals surface area contributed by atoms with Gasteiger partial charge in [0.2, 0.25) is 0 Å². The number of methoxy groups -OCH3 is 1. The largest absolute Gasteiger partial charge is 0.377 e. The average Bonchev–Trinajstić information content (AvgIpc) is 2.79. The molecule has 0 fully saturated rings. The molecule has 74 valence electrons. The normalized spacial score (nSPS) is 10.6. The molecule has 0 bridgehead atoms. The maximum Gasteiger partial charge on any atom is 0.162 e. The highest BCUT2D eigenvalue weighted by molar-refractivity contribution is 5.06. The van der Waals surface area contributed by atoms with E-state index in [1.807, 2.05) is 35.2 Å². The van der Waals surface area contributed by atoms with Crippen molar-refractivity contribution in [2.75, 3.05) is 7.11 Å². The predicted molar refractivity (Wildman–Crippen MR) is 50.8 cm³/mol. The van der Waals surface area contributed by atoms with Crippen molar-refractivity contribution in [3.63, 3.8) is 0 Å². The molecule has 0 saturated heterocycles. The summed E-state index contributed by atoms with van der Waals surface area (Å²) in [4.78, 5) is 0. The van der Waals surface area contributed by atoms with Gasteiger partial charge in [0.25, 0.3) is 0 Å². The van der Waals surface area contributed by atoms with E-state index < -0.39 is 0 Å². The monoisotopic (exact) mass is 192 g/mol. The van der Waals surface area contributed by atoms with Gasteiger partial charge in [0, 0.05) is 25.6 Å². The summed E-state index contributed by atoms with van der Waals surface area (Å²) >= 11 is 0. The highest BCUT2D eigenvalue weighted by atomic mass is 16.5. The summed E-state index contributed by atoms with van der Waals surface area (Å²) in [5.41, 5.74) is 0.910. The minimum atomic E-state index is 0.471. The first-order chi connectivity index (χ1) is 6.88. The molecule has 0 N–H and O–H groups in total. The second-order valence-corrected chi connectivity index (χ2v) is 3.07. The molecule has 0 aromatic carbocycles. The van der Waals surface area contributed by atoms with Crippen LogP contribution in [0.5, 0.6) is 0 Å². The lowest BCUT2D eigenvalue weighted by Gasteiger charge is -1.95. The summed E-state index contributed by atoms with van der Waals surface area (Å²) in [6.45, 7) is 1.21. The van der Waals surface area contributed by atoms with Gasteiger partial charge in [-0.2, -0.15) is 0 Å². The standard InChI is InChI=1S/C10H12N2O2/c1-13-8-10-6-9(11-14-10)7-12-4-2-3-5-12/h2-6H,7-8H2,1H3. The molecule has 4 heteroatoms. The molecule has 0 unspecified atom stereocenters. The molecular formula is C10H12N2O2. The summed E-state index contributed by atoms with van der Waals surface area (Å²) in [5, 5.41) is 3.93. The van der Waals surface area contributed by atoms with Crippen LogP contribution >= 0.6 is 0 Å². The average molecular weight is 192 g/mol. The molecule has 0 aliphatic heterocycles. The van der Waals surface area contributed by atoms with Gasteiger partial charge in [0.1, 0.15) is 12.3 Å². The quantitative estimate of drug-likeness (QED) is 0.739. The van der Waals surface area contributed by atoms with Crippen molar-refractivity contribution in [1.29, 1.82) is 0 Å². The molecule has 4 nitrogen and oxygen atoms in total. The third kappa shape index (κ3) is 2.03. The highest BCUT2D eigenvalue weighted by Gasteiger charge is 2.03. The Bertz CT molecular complexity index is 378. The number of rotatable bonds is 4. The van der Waals surface area contributed by atoms with Crippen LogP contribution in [0.2, 0.25) is 0 Å². The Morgan fingerprint density at radius 3 is 2.93 bits per heavy atom. The number of aromatic nitrogens is 2. The minimum Gasteiger partial charge on any atom is -0.377 e. The fraction of sp³-hybridized carbons (Fsp3) is 0.300. The van der Waals surface area contributed by atoms with E-state index in [9.17, 15) is 0 Å². The van der Waals surface area contributed by atoms with Crippen LogP contribution in [0.4, 0.5) is 0 Å². The molecule has 2 aromatic heterocycles. The number of hydrogen-bond donors (Lipinski definition) is 0. The first-order valence-corrected chi connectivity index (χ1v) is 4.42. The molecule has 0 atom stereocenters. The molecule has 2 aromatic rings. The van der Waals surface area contributed by atoms with Crippen LogP contribution in [0.3, 0.4) is 0 Å². The third-order valence-electron chi connectivity index (χ3n) is 1.91. The predicted octanol–water partition coefficient (Wildman–Crippen LogP) is 1.67. The molecule has 0 amide bonds. The zero-order valence-electron chi connectivity index (χ0n) is 8.01. The van der Waals surface area contributed by atoms with E-state index in [1.54, 1.807) is 7.11 Å². The molecule has 0 spiro atoms. The Balaban J connectivity index is 2.03. The van der Waals surface area contributed by atoms with Gasteiger partial charge in [-0.05, 0) is 12.1 Å². The lowest BCUT2D eigenvalue weighted by Crippen LogP contribution is -1.95. The van der Waals surface area contributed by atoms with Crippen LogP contribution in [0.25, 0.3) is 0 Å². The summed E-state index contributed by atoms with van der Waals surface area (Å²) < 4.78 is 12.0. The second kappa shape index (κ2) is 4.11. The molecule has 14 heavy (non-hydrogen) atoms. The summed E-state index contributed by atoms with van der Waals surface area (Å²) in [6.07, 6.45) is 3.98. The van der Waals surface area contributed by atoms with Gasteiger partial charge in [-0.3, -0.25) is 0 Å². The van der Waals surface area contributed by atoms with E-state index in [4.69, 9.17) is 9.26 Å². The van der Waals surface area contributed by atoms with E-state index >= 15 is 0 Å². The minimum absolute atomic E-state index is 0.471. The van der Waals surface area contributed by atoms with Crippen molar-refractivity contribution in [2.45, 2.75) is 13.2 Å². The maximum absolute atomic E-state index is 5.07. The SMILES string of the molecule is COCc1cc(Cn2cccc2)no1. The van der Waals surface area contributed by atoms with Crippen molar-refractivity contribution < 1.29 is 9.26 Å². The molecule has 2 heterocycles. The Kier molecular flexibility index (Phi) is 2.65. The Hall–Kier alpha value is -1.55. The van der Waals surface area contributed by atoms with E-state index in [-0.39, 0.29) is 0 Å². The number of ether oxygens (including phenoxy) is 1. The molecule has 0 radical (unpaired) electrons. The van der Waals surface area contributed by atoms with Crippen LogP contribution in [-0.2, 0) is 17.9 Å². The molecular weight excluding hydrogens is 180 g/mol. The van der Waals surface area contributed by atoms with Crippen molar-refractivity contribution in [1.82, 2.24) is 9.72 Å². The van der Waals surface area contributed by atoms with Crippen molar-refractivity contribution >= 4 is 0 Å². The fourth-order valence-electron chi connectivity index (χ4n) is 1.30. The smallest absolute Gasteiger partial charge is 0.162 e. The van der Waals surface area contributed by atoms with Crippen LogP contribution in [0.1, 0.15) is 11.5 Å². The Morgan fingerprint density at radius 1 is 1.43 bits per heavy atom. The number of nitrogens with zero attached hydrogens (tertiary/aromatic N) is 2. The topological polar surface area (TPSA) is 40.2 Å². The van der Waals surface area contributed by atoms with Gasteiger partial charge in [-0.15, -0.1) is 0 Å². The van der Waals surface area contributed by atoms with Crippen LogP contribution in [0.15, 0.2) is 35.1 Å². The molecule has 2 rings (SSSR count). The van der Waals surface area contributed by atoms with Gasteiger partial charge in [0.15, 0.2) is 5.76 Å². The molecule has 0 aliphatic rings. The van der Waals surface area contributed by atoms with Crippen LogP contribution in [-0.4, -0.2) is 16.8 Å². The highest BCUT2D eigenvalue weighted by Crippen LogP contribution is 2.06. The van der Waals surface area contributed by atoms with E-state index in [0.29, 0.717) is 6.61 Å². The first-order valence-electron chi connectivity index (χ1n) is 4.42. The van der Waals surface area contributed by atoms with Gasteiger partial charge >= 0.3 is 0 Å². The van der Waals surface area contributed by atoms with Crippen molar-refractivity contribution in [3.8, 4) is 0 Å². The summed E-state index contributed by atoms with van der Waals surface area (Å²) in [5.74, 6) is 0.759. The summed E-state index contributed by atoms with van der Waals surface area (Å²) in [7, 11) is 1.63. The lowest BCUT2D eigenvalue weighted by molar-refractivity contribution is 0.155. The second-order valence-electron chi connectivity index (χ2n) is 3.07. The van der Waals surface area contributed by atoms with Gasteiger partial charge < -0.3 is 13.8 Å². The fourth-order valence-corrected chi connectivity index (χ4v) is 1.30. The Morgan fingerprint density at radius 2 is 2.21 bits per heavy atom. The number of hydrogen-bond acceptors (Lipinski definition) is 3. The summed E-state index contributed by atoms with van der Waals surface area (Å²) in [6, 6.07) is 5.87. The van der Waals surface area contributed by atoms with Crippen LogP contribution < -0.4 is 0 Å². The molecule has 0 saturated carbocycles. The van der Waals surface area contributed by atoms with Gasteiger partial charge in [-0.1, -0.05) is 5.16 Å². The zero-order chi connectivity index (χ0) is 9.80. The van der Waals surface area contributed by atoms with E-state index in [0.717, 1.165) is 18.0 Å². The van der Waals surface area contributed by atoms with E-state index in [2.05, 4.69) is 5.16 Å². The maximum atomic E-state index is 5.07. The zero-order valence-corrected chi connectivity index (χ0v) is 8.01. The first kappa shape index (κ1) is 9.02.